The van der Waals surface area contributed by atoms with Crippen LogP contribution in [0.5, 0.6) is 0 Å². The van der Waals surface area contributed by atoms with Gasteiger partial charge in [0.15, 0.2) is 0 Å². The molecule has 0 bridgehead atoms. The van der Waals surface area contributed by atoms with Gasteiger partial charge in [-0.3, -0.25) is 4.79 Å². The molecule has 2 aliphatic rings. The van der Waals surface area contributed by atoms with Crippen molar-refractivity contribution >= 4 is 17.7 Å². The standard InChI is InChI=1S/C23H24N4OS/c28-22(26-14-4-5-15-26)19-10-8-17(9-11-19)16-29-23-24-21(18-12-13-18)27(25-23)20-6-2-1-3-7-20/h1-3,6-11,18H,4-5,12-16H2. The zero-order chi connectivity index (χ0) is 19.6. The van der Waals surface area contributed by atoms with E-state index in [-0.39, 0.29) is 5.91 Å². The molecule has 1 amide bonds. The van der Waals surface area contributed by atoms with E-state index in [9.17, 15) is 4.79 Å². The van der Waals surface area contributed by atoms with E-state index < -0.39 is 0 Å². The highest BCUT2D eigenvalue weighted by Gasteiger charge is 2.30. The molecule has 2 heterocycles. The maximum atomic E-state index is 12.5. The lowest BCUT2D eigenvalue weighted by Gasteiger charge is -2.15. The van der Waals surface area contributed by atoms with Crippen LogP contribution >= 0.6 is 11.8 Å². The molecule has 0 radical (unpaired) electrons. The second-order valence-corrected chi connectivity index (χ2v) is 8.70. The minimum atomic E-state index is 0.152. The van der Waals surface area contributed by atoms with Crippen LogP contribution in [0, 0.1) is 0 Å². The van der Waals surface area contributed by atoms with Crippen LogP contribution in [0.15, 0.2) is 59.8 Å². The Balaban J connectivity index is 1.27. The van der Waals surface area contributed by atoms with Gasteiger partial charge in [-0.15, -0.1) is 5.10 Å². The van der Waals surface area contributed by atoms with Crippen LogP contribution < -0.4 is 0 Å². The van der Waals surface area contributed by atoms with Crippen LogP contribution in [0.1, 0.15) is 53.3 Å². The number of nitrogens with zero attached hydrogens (tertiary/aromatic N) is 4. The van der Waals surface area contributed by atoms with Gasteiger partial charge in [-0.2, -0.15) is 0 Å². The minimum Gasteiger partial charge on any atom is -0.339 e. The van der Waals surface area contributed by atoms with Crippen molar-refractivity contribution in [3.05, 3.63) is 71.5 Å². The van der Waals surface area contributed by atoms with Crippen LogP contribution in [-0.2, 0) is 5.75 Å². The van der Waals surface area contributed by atoms with Crippen molar-refractivity contribution in [3.63, 3.8) is 0 Å². The number of aromatic nitrogens is 3. The number of rotatable bonds is 6. The monoisotopic (exact) mass is 404 g/mol. The Morgan fingerprint density at radius 1 is 1.00 bits per heavy atom. The number of para-hydroxylation sites is 1. The van der Waals surface area contributed by atoms with Crippen molar-refractivity contribution in [2.45, 2.75) is 42.5 Å². The molecule has 1 aromatic heterocycles. The van der Waals surface area contributed by atoms with E-state index in [2.05, 4.69) is 12.1 Å². The SMILES string of the molecule is O=C(c1ccc(CSc2nc(C3CC3)n(-c3ccccc3)n2)cc1)N1CCCC1. The molecule has 29 heavy (non-hydrogen) atoms. The van der Waals surface area contributed by atoms with Crippen LogP contribution in [0.2, 0.25) is 0 Å². The lowest BCUT2D eigenvalue weighted by molar-refractivity contribution is 0.0793. The van der Waals surface area contributed by atoms with Gasteiger partial charge in [-0.1, -0.05) is 42.1 Å². The number of thioether (sulfide) groups is 1. The van der Waals surface area contributed by atoms with Gasteiger partial charge >= 0.3 is 0 Å². The van der Waals surface area contributed by atoms with Crippen LogP contribution in [0.4, 0.5) is 0 Å². The zero-order valence-electron chi connectivity index (χ0n) is 16.3. The van der Waals surface area contributed by atoms with E-state index >= 15 is 0 Å². The van der Waals surface area contributed by atoms with Crippen molar-refractivity contribution in [1.29, 1.82) is 0 Å². The van der Waals surface area contributed by atoms with Crippen molar-refractivity contribution in [1.82, 2.24) is 19.7 Å². The summed E-state index contributed by atoms with van der Waals surface area (Å²) < 4.78 is 2.00. The Morgan fingerprint density at radius 2 is 1.72 bits per heavy atom. The van der Waals surface area contributed by atoms with Gasteiger partial charge in [0.1, 0.15) is 5.82 Å². The molecule has 1 saturated carbocycles. The second kappa shape index (κ2) is 8.03. The summed E-state index contributed by atoms with van der Waals surface area (Å²) in [5.74, 6) is 2.55. The largest absolute Gasteiger partial charge is 0.339 e. The van der Waals surface area contributed by atoms with E-state index in [1.807, 2.05) is 52.0 Å². The molecule has 3 aromatic rings. The van der Waals surface area contributed by atoms with E-state index in [0.717, 1.165) is 53.9 Å². The molecule has 1 aliphatic heterocycles. The number of benzene rings is 2. The average Bonchev–Trinajstić information content (AvgIpc) is 3.29. The fourth-order valence-corrected chi connectivity index (χ4v) is 4.51. The lowest BCUT2D eigenvalue weighted by Crippen LogP contribution is -2.27. The van der Waals surface area contributed by atoms with Crippen molar-refractivity contribution in [2.75, 3.05) is 13.1 Å². The van der Waals surface area contributed by atoms with Gasteiger partial charge in [0, 0.05) is 30.3 Å². The van der Waals surface area contributed by atoms with Crippen molar-refractivity contribution in [3.8, 4) is 5.69 Å². The topological polar surface area (TPSA) is 51.0 Å². The van der Waals surface area contributed by atoms with E-state index in [1.165, 1.54) is 18.4 Å². The van der Waals surface area contributed by atoms with Gasteiger partial charge in [0.05, 0.1) is 5.69 Å². The molecule has 148 valence electrons. The third-order valence-electron chi connectivity index (χ3n) is 5.52. The number of amides is 1. The number of carbonyl (C=O) groups excluding carboxylic acids is 1. The first-order valence-electron chi connectivity index (χ1n) is 10.3. The predicted molar refractivity (Wildman–Crippen MR) is 114 cm³/mol. The Bertz CT molecular complexity index is 989. The zero-order valence-corrected chi connectivity index (χ0v) is 17.1. The summed E-state index contributed by atoms with van der Waals surface area (Å²) in [5, 5.41) is 5.58. The molecule has 0 unspecified atom stereocenters. The van der Waals surface area contributed by atoms with Gasteiger partial charge in [0.25, 0.3) is 5.91 Å². The molecule has 6 heteroatoms. The number of carbonyl (C=O) groups is 1. The Morgan fingerprint density at radius 3 is 2.41 bits per heavy atom. The summed E-state index contributed by atoms with van der Waals surface area (Å²) in [6.07, 6.45) is 4.63. The molecule has 5 nitrogen and oxygen atoms in total. The Labute approximate surface area is 175 Å². The van der Waals surface area contributed by atoms with Gasteiger partial charge in [-0.05, 0) is 55.5 Å². The molecule has 1 saturated heterocycles. The molecular formula is C23H24N4OS. The van der Waals surface area contributed by atoms with E-state index in [1.54, 1.807) is 11.8 Å². The molecule has 0 spiro atoms. The normalized spacial score (nSPS) is 16.3. The average molecular weight is 405 g/mol. The third kappa shape index (κ3) is 4.08. The fraction of sp³-hybridized carbons (Fsp3) is 0.348. The molecule has 1 aliphatic carbocycles. The third-order valence-corrected chi connectivity index (χ3v) is 6.43. The Hall–Kier alpha value is -2.60. The fourth-order valence-electron chi connectivity index (χ4n) is 3.72. The number of likely N-dealkylation sites (tertiary alicyclic amines) is 1. The predicted octanol–water partition coefficient (Wildman–Crippen LogP) is 4.67. The van der Waals surface area contributed by atoms with Gasteiger partial charge in [-0.25, -0.2) is 9.67 Å². The highest BCUT2D eigenvalue weighted by molar-refractivity contribution is 7.98. The van der Waals surface area contributed by atoms with Crippen LogP contribution in [0.25, 0.3) is 5.69 Å². The highest BCUT2D eigenvalue weighted by Crippen LogP contribution is 2.40. The second-order valence-electron chi connectivity index (χ2n) is 7.76. The maximum Gasteiger partial charge on any atom is 0.253 e. The van der Waals surface area contributed by atoms with E-state index in [4.69, 9.17) is 10.1 Å². The minimum absolute atomic E-state index is 0.152. The molecule has 5 rings (SSSR count). The van der Waals surface area contributed by atoms with Crippen molar-refractivity contribution in [2.24, 2.45) is 0 Å². The lowest BCUT2D eigenvalue weighted by atomic mass is 10.1. The quantitative estimate of drug-likeness (QED) is 0.560. The summed E-state index contributed by atoms with van der Waals surface area (Å²) in [5.41, 5.74) is 3.03. The smallest absolute Gasteiger partial charge is 0.253 e. The summed E-state index contributed by atoms with van der Waals surface area (Å²) in [6.45, 7) is 1.77. The summed E-state index contributed by atoms with van der Waals surface area (Å²) in [7, 11) is 0. The van der Waals surface area contributed by atoms with E-state index in [0.29, 0.717) is 5.92 Å². The first-order valence-corrected chi connectivity index (χ1v) is 11.3. The molecular weight excluding hydrogens is 380 g/mol. The number of hydrogen-bond acceptors (Lipinski definition) is 4. The van der Waals surface area contributed by atoms with Crippen molar-refractivity contribution < 1.29 is 4.79 Å². The first kappa shape index (κ1) is 18.4. The summed E-state index contributed by atoms with van der Waals surface area (Å²) in [6, 6.07) is 18.2. The number of hydrogen-bond donors (Lipinski definition) is 0. The summed E-state index contributed by atoms with van der Waals surface area (Å²) >= 11 is 1.65. The first-order chi connectivity index (χ1) is 14.3. The molecule has 2 fully saturated rings. The summed E-state index contributed by atoms with van der Waals surface area (Å²) in [4.78, 5) is 19.2. The highest BCUT2D eigenvalue weighted by atomic mass is 32.2. The van der Waals surface area contributed by atoms with Crippen LogP contribution in [0.3, 0.4) is 0 Å². The van der Waals surface area contributed by atoms with Crippen LogP contribution in [-0.4, -0.2) is 38.7 Å². The maximum absolute atomic E-state index is 12.5. The Kier molecular flexibility index (Phi) is 5.10. The molecule has 0 atom stereocenters. The molecule has 0 N–H and O–H groups in total. The van der Waals surface area contributed by atoms with Gasteiger partial charge < -0.3 is 4.90 Å². The molecule has 2 aromatic carbocycles. The van der Waals surface area contributed by atoms with Gasteiger partial charge in [0.2, 0.25) is 5.16 Å².